The van der Waals surface area contributed by atoms with Crippen LogP contribution >= 0.6 is 0 Å². The van der Waals surface area contributed by atoms with Gasteiger partial charge >= 0.3 is 17.9 Å². The van der Waals surface area contributed by atoms with Crippen molar-refractivity contribution in [1.29, 1.82) is 0 Å². The van der Waals surface area contributed by atoms with Gasteiger partial charge in [-0.05, 0) is 96.3 Å². The maximum Gasteiger partial charge on any atom is 0.306 e. The van der Waals surface area contributed by atoms with Crippen molar-refractivity contribution in [3.8, 4) is 0 Å². The van der Waals surface area contributed by atoms with Crippen molar-refractivity contribution in [3.63, 3.8) is 0 Å². The number of unbranched alkanes of at least 4 members (excludes halogenated alkanes) is 31. The highest BCUT2D eigenvalue weighted by molar-refractivity contribution is 5.71. The smallest absolute Gasteiger partial charge is 0.306 e. The molecule has 0 spiro atoms. The maximum atomic E-state index is 12.9. The Morgan fingerprint density at radius 2 is 0.534 bits per heavy atom. The topological polar surface area (TPSA) is 78.9 Å². The molecule has 1 atom stereocenters. The lowest BCUT2D eigenvalue weighted by Gasteiger charge is -2.18. The summed E-state index contributed by atoms with van der Waals surface area (Å²) in [7, 11) is 0. The first kappa shape index (κ1) is 69.6. The number of rotatable bonds is 56. The van der Waals surface area contributed by atoms with Crippen LogP contribution in [0.3, 0.4) is 0 Å². The fourth-order valence-corrected chi connectivity index (χ4v) is 8.74. The molecule has 0 fully saturated rings. The van der Waals surface area contributed by atoms with Gasteiger partial charge in [0.15, 0.2) is 6.10 Å². The fourth-order valence-electron chi connectivity index (χ4n) is 8.74. The van der Waals surface area contributed by atoms with Crippen molar-refractivity contribution >= 4 is 17.9 Å². The van der Waals surface area contributed by atoms with Crippen molar-refractivity contribution in [1.82, 2.24) is 0 Å². The molecule has 73 heavy (non-hydrogen) atoms. The molecule has 0 bridgehead atoms. The molecule has 6 heteroatoms. The molecule has 0 aromatic heterocycles. The molecule has 0 saturated carbocycles. The molecule has 0 aromatic rings. The minimum absolute atomic E-state index is 0.0880. The van der Waals surface area contributed by atoms with E-state index in [2.05, 4.69) is 106 Å². The summed E-state index contributed by atoms with van der Waals surface area (Å²) in [6, 6.07) is 0. The van der Waals surface area contributed by atoms with E-state index in [0.717, 1.165) is 128 Å². The van der Waals surface area contributed by atoms with Crippen molar-refractivity contribution in [2.24, 2.45) is 0 Å². The van der Waals surface area contributed by atoms with Gasteiger partial charge in [0, 0.05) is 19.3 Å². The Kier molecular flexibility index (Phi) is 58.3. The van der Waals surface area contributed by atoms with Gasteiger partial charge in [-0.1, -0.05) is 273 Å². The molecule has 0 amide bonds. The summed E-state index contributed by atoms with van der Waals surface area (Å²) in [4.78, 5) is 38.3. The standard InChI is InChI=1S/C67H116O6/c1-4-7-10-13-16-19-22-25-28-31-33-34-35-37-39-42-45-48-51-54-57-60-66(69)72-63-64(62-71-65(68)59-56-53-50-47-44-41-38-30-27-24-21-18-15-12-9-6-3)73-67(70)61-58-55-52-49-46-43-40-36-32-29-26-23-20-17-14-11-8-5-2/h7,10,16,19,21,24-25,28,30,33-34,37-39,64H,4-6,8-9,11-15,17-18,20,22-23,26-27,29,31-32,35-36,40-63H2,1-3H3/b10-7-,19-16-,24-21-,28-25-,34-33-,38-30-,39-37-. The van der Waals surface area contributed by atoms with Crippen molar-refractivity contribution in [2.45, 2.75) is 309 Å². The van der Waals surface area contributed by atoms with E-state index >= 15 is 0 Å². The highest BCUT2D eigenvalue weighted by Crippen LogP contribution is 2.16. The normalized spacial score (nSPS) is 12.6. The van der Waals surface area contributed by atoms with E-state index in [9.17, 15) is 14.4 Å². The summed E-state index contributed by atoms with van der Waals surface area (Å²) in [5.41, 5.74) is 0. The minimum Gasteiger partial charge on any atom is -0.462 e. The molecule has 0 aromatic carbocycles. The Bertz CT molecular complexity index is 1400. The lowest BCUT2D eigenvalue weighted by molar-refractivity contribution is -0.167. The molecule has 0 aliphatic carbocycles. The first-order chi connectivity index (χ1) is 36.0. The van der Waals surface area contributed by atoms with E-state index in [-0.39, 0.29) is 31.1 Å². The van der Waals surface area contributed by atoms with Crippen LogP contribution in [0.2, 0.25) is 0 Å². The molecular formula is C67H116O6. The first-order valence-corrected chi connectivity index (χ1v) is 31.1. The zero-order chi connectivity index (χ0) is 52.9. The van der Waals surface area contributed by atoms with Gasteiger partial charge in [-0.25, -0.2) is 0 Å². The van der Waals surface area contributed by atoms with Gasteiger partial charge in [-0.3, -0.25) is 14.4 Å². The van der Waals surface area contributed by atoms with E-state index < -0.39 is 6.10 Å². The highest BCUT2D eigenvalue weighted by Gasteiger charge is 2.19. The third kappa shape index (κ3) is 59.3. The summed E-state index contributed by atoms with van der Waals surface area (Å²) < 4.78 is 16.9. The van der Waals surface area contributed by atoms with E-state index in [1.165, 1.54) is 135 Å². The monoisotopic (exact) mass is 1020 g/mol. The van der Waals surface area contributed by atoms with Gasteiger partial charge in [0.05, 0.1) is 0 Å². The molecule has 0 aliphatic rings. The molecule has 0 aliphatic heterocycles. The van der Waals surface area contributed by atoms with Crippen LogP contribution in [0.5, 0.6) is 0 Å². The molecule has 0 heterocycles. The number of esters is 3. The third-order valence-corrected chi connectivity index (χ3v) is 13.4. The van der Waals surface area contributed by atoms with E-state index in [1.807, 2.05) is 0 Å². The van der Waals surface area contributed by atoms with Gasteiger partial charge < -0.3 is 14.2 Å². The zero-order valence-corrected chi connectivity index (χ0v) is 48.1. The second kappa shape index (κ2) is 61.1. The van der Waals surface area contributed by atoms with Gasteiger partial charge in [0.25, 0.3) is 0 Å². The number of ether oxygens (including phenoxy) is 3. The van der Waals surface area contributed by atoms with Crippen LogP contribution in [-0.4, -0.2) is 37.2 Å². The van der Waals surface area contributed by atoms with Gasteiger partial charge in [-0.15, -0.1) is 0 Å². The number of hydrogen-bond donors (Lipinski definition) is 0. The number of carbonyl (C=O) groups excluding carboxylic acids is 3. The summed E-state index contributed by atoms with van der Waals surface area (Å²) in [5.74, 6) is -0.906. The van der Waals surface area contributed by atoms with Crippen molar-refractivity contribution in [3.05, 3.63) is 85.1 Å². The molecule has 0 saturated heterocycles. The van der Waals surface area contributed by atoms with Gasteiger partial charge in [0.2, 0.25) is 0 Å². The fraction of sp³-hybridized carbons (Fsp3) is 0.746. The largest absolute Gasteiger partial charge is 0.462 e. The molecule has 1 unspecified atom stereocenters. The summed E-state index contributed by atoms with van der Waals surface area (Å²) in [6.07, 6.45) is 80.0. The third-order valence-electron chi connectivity index (χ3n) is 13.4. The average Bonchev–Trinajstić information content (AvgIpc) is 3.39. The van der Waals surface area contributed by atoms with Crippen LogP contribution < -0.4 is 0 Å². The van der Waals surface area contributed by atoms with Crippen LogP contribution in [-0.2, 0) is 28.6 Å². The number of allylic oxidation sites excluding steroid dienone is 14. The van der Waals surface area contributed by atoms with Gasteiger partial charge in [-0.2, -0.15) is 0 Å². The van der Waals surface area contributed by atoms with Gasteiger partial charge in [0.1, 0.15) is 13.2 Å². The highest BCUT2D eigenvalue weighted by atomic mass is 16.6. The Morgan fingerprint density at radius 1 is 0.288 bits per heavy atom. The lowest BCUT2D eigenvalue weighted by atomic mass is 10.0. The van der Waals surface area contributed by atoms with E-state index in [0.29, 0.717) is 19.3 Å². The summed E-state index contributed by atoms with van der Waals surface area (Å²) in [6.45, 7) is 6.51. The second-order valence-corrected chi connectivity index (χ2v) is 20.6. The SMILES string of the molecule is CC/C=C\C/C=C\C/C=C\C/C=C\C/C=C\CCCCCCCC(=O)OCC(COC(=O)CCCCCCC/C=C\C/C=C\CCCCCC)OC(=O)CCCCCCCCCCCCCCCCCCCC. The van der Waals surface area contributed by atoms with Crippen LogP contribution in [0.25, 0.3) is 0 Å². The molecule has 0 rings (SSSR count). The second-order valence-electron chi connectivity index (χ2n) is 20.6. The Labute approximate surface area is 452 Å². The van der Waals surface area contributed by atoms with Crippen molar-refractivity contribution < 1.29 is 28.6 Å². The summed E-state index contributed by atoms with van der Waals surface area (Å²) in [5, 5.41) is 0. The van der Waals surface area contributed by atoms with Crippen LogP contribution in [0.15, 0.2) is 85.1 Å². The Morgan fingerprint density at radius 3 is 0.849 bits per heavy atom. The molecule has 420 valence electrons. The van der Waals surface area contributed by atoms with E-state index in [4.69, 9.17) is 14.2 Å². The zero-order valence-electron chi connectivity index (χ0n) is 48.1. The Hall–Kier alpha value is -3.41. The minimum atomic E-state index is -0.791. The lowest BCUT2D eigenvalue weighted by Crippen LogP contribution is -2.30. The predicted molar refractivity (Wildman–Crippen MR) is 316 cm³/mol. The quantitative estimate of drug-likeness (QED) is 0.0261. The van der Waals surface area contributed by atoms with E-state index in [1.54, 1.807) is 0 Å². The molecule has 0 radical (unpaired) electrons. The van der Waals surface area contributed by atoms with Crippen LogP contribution in [0.4, 0.5) is 0 Å². The number of carbonyl (C=O) groups is 3. The maximum absolute atomic E-state index is 12.9. The average molecular weight is 1020 g/mol. The molecular weight excluding hydrogens is 901 g/mol. The predicted octanol–water partition coefficient (Wildman–Crippen LogP) is 21.1. The Balaban J connectivity index is 4.42. The van der Waals surface area contributed by atoms with Crippen LogP contribution in [0.1, 0.15) is 303 Å². The first-order valence-electron chi connectivity index (χ1n) is 31.1. The number of hydrogen-bond acceptors (Lipinski definition) is 6. The van der Waals surface area contributed by atoms with Crippen LogP contribution in [0, 0.1) is 0 Å². The van der Waals surface area contributed by atoms with Crippen molar-refractivity contribution in [2.75, 3.05) is 13.2 Å². The molecule has 6 nitrogen and oxygen atoms in total. The summed E-state index contributed by atoms with van der Waals surface area (Å²) >= 11 is 0. The molecule has 0 N–H and O–H groups in total.